The Morgan fingerprint density at radius 3 is 3.10 bits per heavy atom. The molecule has 0 unspecified atom stereocenters. The van der Waals surface area contributed by atoms with Crippen LogP contribution in [0.4, 0.5) is 0 Å². The first kappa shape index (κ1) is 8.17. The molecule has 1 fully saturated rings. The van der Waals surface area contributed by atoms with Gasteiger partial charge in [-0.05, 0) is 0 Å². The summed E-state index contributed by atoms with van der Waals surface area (Å²) in [6.45, 7) is 1.30. The standard InChI is InChI=1S/C5H9ClN2OS/c6-1-3-9-8-2-4-10-5(8)7/h7H,1-4H2. The molecule has 0 amide bonds. The molecule has 1 heterocycles. The molecule has 0 atom stereocenters. The van der Waals surface area contributed by atoms with Crippen LogP contribution >= 0.6 is 23.4 Å². The maximum Gasteiger partial charge on any atom is 0.180 e. The molecule has 5 heteroatoms. The molecule has 1 saturated heterocycles. The second-order valence-electron chi connectivity index (χ2n) is 1.78. The number of alkyl halides is 1. The Balaban J connectivity index is 2.20. The summed E-state index contributed by atoms with van der Waals surface area (Å²) >= 11 is 6.90. The van der Waals surface area contributed by atoms with Gasteiger partial charge in [-0.3, -0.25) is 10.2 Å². The van der Waals surface area contributed by atoms with Gasteiger partial charge in [0.15, 0.2) is 5.17 Å². The van der Waals surface area contributed by atoms with Gasteiger partial charge in [-0.1, -0.05) is 11.8 Å². The molecule has 0 aromatic carbocycles. The molecule has 3 nitrogen and oxygen atoms in total. The van der Waals surface area contributed by atoms with Crippen LogP contribution in [0.2, 0.25) is 0 Å². The number of hydrogen-bond donors (Lipinski definition) is 1. The molecule has 58 valence electrons. The van der Waals surface area contributed by atoms with E-state index in [4.69, 9.17) is 21.8 Å². The van der Waals surface area contributed by atoms with Crippen LogP contribution in [0.3, 0.4) is 0 Å². The van der Waals surface area contributed by atoms with Gasteiger partial charge in [0.2, 0.25) is 0 Å². The molecule has 1 rings (SSSR count). The zero-order chi connectivity index (χ0) is 7.40. The van der Waals surface area contributed by atoms with Gasteiger partial charge >= 0.3 is 0 Å². The highest BCUT2D eigenvalue weighted by Crippen LogP contribution is 2.15. The molecule has 0 spiro atoms. The molecule has 1 aliphatic heterocycles. The largest absolute Gasteiger partial charge is 0.277 e. The molecule has 1 aliphatic rings. The summed E-state index contributed by atoms with van der Waals surface area (Å²) in [6, 6.07) is 0. The van der Waals surface area contributed by atoms with Crippen LogP contribution in [-0.2, 0) is 4.84 Å². The van der Waals surface area contributed by atoms with Gasteiger partial charge in [-0.2, -0.15) is 0 Å². The van der Waals surface area contributed by atoms with Crippen molar-refractivity contribution in [3.63, 3.8) is 0 Å². The maximum absolute atomic E-state index is 7.31. The fourth-order valence-electron chi connectivity index (χ4n) is 0.667. The van der Waals surface area contributed by atoms with E-state index in [9.17, 15) is 0 Å². The van der Waals surface area contributed by atoms with E-state index in [2.05, 4.69) is 0 Å². The van der Waals surface area contributed by atoms with E-state index in [0.717, 1.165) is 12.3 Å². The van der Waals surface area contributed by atoms with Crippen LogP contribution in [0.5, 0.6) is 0 Å². The van der Waals surface area contributed by atoms with Crippen molar-refractivity contribution in [1.29, 1.82) is 5.41 Å². The Bertz CT molecular complexity index is 133. The van der Waals surface area contributed by atoms with E-state index in [1.54, 1.807) is 5.06 Å². The van der Waals surface area contributed by atoms with Crippen molar-refractivity contribution in [3.05, 3.63) is 0 Å². The van der Waals surface area contributed by atoms with Crippen molar-refractivity contribution < 1.29 is 4.84 Å². The number of hydroxylamine groups is 2. The molecular formula is C5H9ClN2OS. The molecule has 0 bridgehead atoms. The van der Waals surface area contributed by atoms with E-state index >= 15 is 0 Å². The number of amidine groups is 1. The molecule has 10 heavy (non-hydrogen) atoms. The predicted molar refractivity (Wildman–Crippen MR) is 43.6 cm³/mol. The van der Waals surface area contributed by atoms with Crippen LogP contribution in [-0.4, -0.2) is 35.0 Å². The Morgan fingerprint density at radius 2 is 2.60 bits per heavy atom. The fraction of sp³-hybridized carbons (Fsp3) is 0.800. The number of rotatable bonds is 3. The highest BCUT2D eigenvalue weighted by molar-refractivity contribution is 8.14. The van der Waals surface area contributed by atoms with E-state index in [-0.39, 0.29) is 0 Å². The molecule has 0 radical (unpaired) electrons. The van der Waals surface area contributed by atoms with Gasteiger partial charge in [0.1, 0.15) is 0 Å². The third-order valence-corrected chi connectivity index (χ3v) is 2.10. The van der Waals surface area contributed by atoms with Crippen LogP contribution in [0.1, 0.15) is 0 Å². The lowest BCUT2D eigenvalue weighted by atomic mass is 10.7. The SMILES string of the molecule is N=C1SCCN1OCCCl. The van der Waals surface area contributed by atoms with E-state index < -0.39 is 0 Å². The minimum atomic E-state index is 0.481. The summed E-state index contributed by atoms with van der Waals surface area (Å²) in [7, 11) is 0. The molecule has 1 N–H and O–H groups in total. The average Bonchev–Trinajstić information content (AvgIpc) is 2.31. The zero-order valence-electron chi connectivity index (χ0n) is 5.47. The minimum absolute atomic E-state index is 0.481. The van der Waals surface area contributed by atoms with Crippen molar-refractivity contribution in [2.45, 2.75) is 0 Å². The predicted octanol–water partition coefficient (Wildman–Crippen LogP) is 1.14. The van der Waals surface area contributed by atoms with Crippen LogP contribution in [0.25, 0.3) is 0 Å². The second-order valence-corrected chi connectivity index (χ2v) is 3.24. The van der Waals surface area contributed by atoms with Crippen molar-refractivity contribution in [3.8, 4) is 0 Å². The number of nitrogens with one attached hydrogen (secondary N) is 1. The Labute approximate surface area is 69.1 Å². The Morgan fingerprint density at radius 1 is 1.80 bits per heavy atom. The van der Waals surface area contributed by atoms with Crippen molar-refractivity contribution in [2.75, 3.05) is 24.8 Å². The van der Waals surface area contributed by atoms with E-state index in [1.807, 2.05) is 0 Å². The summed E-state index contributed by atoms with van der Waals surface area (Å²) in [5.74, 6) is 1.43. The first-order chi connectivity index (χ1) is 4.84. The second kappa shape index (κ2) is 4.05. The number of hydrogen-bond acceptors (Lipinski definition) is 3. The average molecular weight is 181 g/mol. The van der Waals surface area contributed by atoms with E-state index in [1.165, 1.54) is 11.8 Å². The first-order valence-corrected chi connectivity index (χ1v) is 4.54. The van der Waals surface area contributed by atoms with Crippen LogP contribution in [0, 0.1) is 5.41 Å². The topological polar surface area (TPSA) is 36.3 Å². The number of nitrogens with zero attached hydrogens (tertiary/aromatic N) is 1. The first-order valence-electron chi connectivity index (χ1n) is 3.02. The number of halogens is 1. The Kier molecular flexibility index (Phi) is 3.31. The normalized spacial score (nSPS) is 18.5. The minimum Gasteiger partial charge on any atom is -0.277 e. The van der Waals surface area contributed by atoms with Crippen molar-refractivity contribution >= 4 is 28.5 Å². The maximum atomic E-state index is 7.31. The van der Waals surface area contributed by atoms with Gasteiger partial charge in [0.05, 0.1) is 13.2 Å². The van der Waals surface area contributed by atoms with Gasteiger partial charge in [0.25, 0.3) is 0 Å². The molecule has 0 aromatic heterocycles. The molecule has 0 aliphatic carbocycles. The summed E-state index contributed by atoms with van der Waals surface area (Å²) in [6.07, 6.45) is 0. The smallest absolute Gasteiger partial charge is 0.180 e. The third kappa shape index (κ3) is 2.04. The highest BCUT2D eigenvalue weighted by Gasteiger charge is 2.17. The van der Waals surface area contributed by atoms with Gasteiger partial charge in [-0.25, -0.2) is 5.06 Å². The summed E-state index contributed by atoms with van der Waals surface area (Å²) < 4.78 is 0. The third-order valence-electron chi connectivity index (χ3n) is 1.08. The van der Waals surface area contributed by atoms with Crippen LogP contribution < -0.4 is 0 Å². The summed E-state index contributed by atoms with van der Waals surface area (Å²) in [5, 5.41) is 9.37. The van der Waals surface area contributed by atoms with Crippen molar-refractivity contribution in [2.24, 2.45) is 0 Å². The van der Waals surface area contributed by atoms with E-state index in [0.29, 0.717) is 17.7 Å². The molecular weight excluding hydrogens is 172 g/mol. The Hall–Kier alpha value is 0.0700. The van der Waals surface area contributed by atoms with Crippen LogP contribution in [0.15, 0.2) is 0 Å². The zero-order valence-corrected chi connectivity index (χ0v) is 7.04. The summed E-state index contributed by atoms with van der Waals surface area (Å²) in [4.78, 5) is 5.12. The quantitative estimate of drug-likeness (QED) is 0.662. The molecule has 0 saturated carbocycles. The fourth-order valence-corrected chi connectivity index (χ4v) is 1.47. The van der Waals surface area contributed by atoms with Crippen molar-refractivity contribution in [1.82, 2.24) is 5.06 Å². The number of thioether (sulfide) groups is 1. The van der Waals surface area contributed by atoms with Gasteiger partial charge < -0.3 is 0 Å². The lowest BCUT2D eigenvalue weighted by molar-refractivity contribution is -0.0828. The lowest BCUT2D eigenvalue weighted by Crippen LogP contribution is -2.24. The monoisotopic (exact) mass is 180 g/mol. The molecule has 0 aromatic rings. The van der Waals surface area contributed by atoms with Gasteiger partial charge in [0, 0.05) is 11.6 Å². The summed E-state index contributed by atoms with van der Waals surface area (Å²) in [5.41, 5.74) is 0. The highest BCUT2D eigenvalue weighted by atomic mass is 35.5. The lowest BCUT2D eigenvalue weighted by Gasteiger charge is -2.14. The van der Waals surface area contributed by atoms with Gasteiger partial charge in [-0.15, -0.1) is 11.6 Å².